The van der Waals surface area contributed by atoms with Crippen LogP contribution in [0.25, 0.3) is 0 Å². The van der Waals surface area contributed by atoms with Crippen LogP contribution in [0.15, 0.2) is 0 Å². The maximum Gasteiger partial charge on any atom is 0.172 e. The van der Waals surface area contributed by atoms with Crippen LogP contribution in [0.5, 0.6) is 0 Å². The lowest BCUT2D eigenvalue weighted by Gasteiger charge is -2.40. The molecule has 0 heterocycles. The molecular weight excluding hydrogens is 156 g/mol. The molecule has 1 aliphatic rings. The summed E-state index contributed by atoms with van der Waals surface area (Å²) in [6.07, 6.45) is 4.18. The first-order valence-electron chi connectivity index (χ1n) is 4.50. The Hall–Kier alpha value is -0.120. The van der Waals surface area contributed by atoms with Gasteiger partial charge in [-0.3, -0.25) is 0 Å². The topological polar surface area (TPSA) is 38.7 Å². The zero-order valence-electron chi connectivity index (χ0n) is 7.88. The van der Waals surface area contributed by atoms with Crippen molar-refractivity contribution >= 4 is 0 Å². The molecule has 1 aliphatic carbocycles. The Kier molecular flexibility index (Phi) is 3.50. The van der Waals surface area contributed by atoms with E-state index in [1.165, 1.54) is 6.42 Å². The summed E-state index contributed by atoms with van der Waals surface area (Å²) in [7, 11) is 3.30. The Labute approximate surface area is 73.7 Å². The molecule has 12 heavy (non-hydrogen) atoms. The third kappa shape index (κ3) is 1.63. The minimum absolute atomic E-state index is 0.140. The molecular formula is C9H18O3. The molecule has 0 aromatic rings. The first-order valence-corrected chi connectivity index (χ1v) is 4.50. The summed E-state index contributed by atoms with van der Waals surface area (Å²) in [4.78, 5) is 0. The van der Waals surface area contributed by atoms with Gasteiger partial charge in [0.15, 0.2) is 5.79 Å². The van der Waals surface area contributed by atoms with Gasteiger partial charge < -0.3 is 14.6 Å². The Bertz CT molecular complexity index is 132. The van der Waals surface area contributed by atoms with Gasteiger partial charge in [0, 0.05) is 26.6 Å². The van der Waals surface area contributed by atoms with Gasteiger partial charge in [0.1, 0.15) is 0 Å². The van der Waals surface area contributed by atoms with Crippen LogP contribution in [-0.4, -0.2) is 31.7 Å². The van der Waals surface area contributed by atoms with E-state index in [-0.39, 0.29) is 12.5 Å². The minimum Gasteiger partial charge on any atom is -0.396 e. The lowest BCUT2D eigenvalue weighted by molar-refractivity contribution is -0.259. The highest BCUT2D eigenvalue weighted by atomic mass is 16.7. The van der Waals surface area contributed by atoms with Crippen molar-refractivity contribution < 1.29 is 14.6 Å². The molecule has 1 unspecified atom stereocenters. The van der Waals surface area contributed by atoms with E-state index in [1.54, 1.807) is 14.2 Å². The smallest absolute Gasteiger partial charge is 0.172 e. The molecule has 1 fully saturated rings. The molecule has 1 atom stereocenters. The molecule has 3 heteroatoms. The van der Waals surface area contributed by atoms with Crippen LogP contribution in [0, 0.1) is 5.92 Å². The van der Waals surface area contributed by atoms with E-state index in [0.29, 0.717) is 0 Å². The van der Waals surface area contributed by atoms with E-state index in [1.807, 2.05) is 0 Å². The SMILES string of the molecule is COC1(OC)CCCCC1CO. The van der Waals surface area contributed by atoms with Crippen molar-refractivity contribution in [2.75, 3.05) is 20.8 Å². The molecule has 0 aliphatic heterocycles. The van der Waals surface area contributed by atoms with E-state index >= 15 is 0 Å². The lowest BCUT2D eigenvalue weighted by Crippen LogP contribution is -2.45. The quantitative estimate of drug-likeness (QED) is 0.652. The summed E-state index contributed by atoms with van der Waals surface area (Å²) in [6.45, 7) is 0.154. The first kappa shape index (κ1) is 9.96. The van der Waals surface area contributed by atoms with E-state index < -0.39 is 5.79 Å². The van der Waals surface area contributed by atoms with Crippen molar-refractivity contribution in [1.82, 2.24) is 0 Å². The minimum atomic E-state index is -0.521. The van der Waals surface area contributed by atoms with Gasteiger partial charge in [-0.1, -0.05) is 6.42 Å². The maximum absolute atomic E-state index is 9.13. The average molecular weight is 174 g/mol. The van der Waals surface area contributed by atoms with Gasteiger partial charge in [0.2, 0.25) is 0 Å². The molecule has 0 amide bonds. The van der Waals surface area contributed by atoms with E-state index in [9.17, 15) is 0 Å². The molecule has 0 saturated heterocycles. The van der Waals surface area contributed by atoms with Crippen LogP contribution in [-0.2, 0) is 9.47 Å². The first-order chi connectivity index (χ1) is 5.79. The van der Waals surface area contributed by atoms with Gasteiger partial charge in [0.05, 0.1) is 6.61 Å². The van der Waals surface area contributed by atoms with Crippen LogP contribution in [0.2, 0.25) is 0 Å². The van der Waals surface area contributed by atoms with Crippen molar-refractivity contribution in [3.8, 4) is 0 Å². The normalized spacial score (nSPS) is 28.8. The maximum atomic E-state index is 9.13. The molecule has 1 N–H and O–H groups in total. The summed E-state index contributed by atoms with van der Waals surface area (Å²) in [5, 5.41) is 9.13. The molecule has 1 saturated carbocycles. The molecule has 0 aromatic carbocycles. The number of ether oxygens (including phenoxy) is 2. The van der Waals surface area contributed by atoms with Crippen molar-refractivity contribution in [3.63, 3.8) is 0 Å². The summed E-state index contributed by atoms with van der Waals surface area (Å²) in [6, 6.07) is 0. The zero-order valence-corrected chi connectivity index (χ0v) is 7.88. The van der Waals surface area contributed by atoms with Gasteiger partial charge >= 0.3 is 0 Å². The van der Waals surface area contributed by atoms with E-state index in [4.69, 9.17) is 14.6 Å². The van der Waals surface area contributed by atoms with Crippen LogP contribution in [0.3, 0.4) is 0 Å². The third-order valence-electron chi connectivity index (χ3n) is 2.86. The van der Waals surface area contributed by atoms with Crippen molar-refractivity contribution in [2.45, 2.75) is 31.5 Å². The van der Waals surface area contributed by atoms with Crippen LogP contribution in [0.4, 0.5) is 0 Å². The predicted octanol–water partition coefficient (Wildman–Crippen LogP) is 1.16. The Morgan fingerprint density at radius 1 is 1.33 bits per heavy atom. The highest BCUT2D eigenvalue weighted by molar-refractivity contribution is 4.83. The second kappa shape index (κ2) is 4.21. The summed E-state index contributed by atoms with van der Waals surface area (Å²) in [5.41, 5.74) is 0. The molecule has 0 aromatic heterocycles. The summed E-state index contributed by atoms with van der Waals surface area (Å²) >= 11 is 0. The van der Waals surface area contributed by atoms with Crippen molar-refractivity contribution in [3.05, 3.63) is 0 Å². The number of hydrogen-bond donors (Lipinski definition) is 1. The Balaban J connectivity index is 2.66. The number of aliphatic hydroxyl groups excluding tert-OH is 1. The van der Waals surface area contributed by atoms with Crippen LogP contribution >= 0.6 is 0 Å². The monoisotopic (exact) mass is 174 g/mol. The second-order valence-corrected chi connectivity index (χ2v) is 3.35. The van der Waals surface area contributed by atoms with Crippen molar-refractivity contribution in [2.24, 2.45) is 5.92 Å². The molecule has 1 rings (SSSR count). The number of hydrogen-bond acceptors (Lipinski definition) is 3. The predicted molar refractivity (Wildman–Crippen MR) is 45.8 cm³/mol. The molecule has 0 bridgehead atoms. The van der Waals surface area contributed by atoms with Crippen LogP contribution < -0.4 is 0 Å². The zero-order chi connectivity index (χ0) is 9.03. The fraction of sp³-hybridized carbons (Fsp3) is 1.00. The van der Waals surface area contributed by atoms with Crippen molar-refractivity contribution in [1.29, 1.82) is 0 Å². The highest BCUT2D eigenvalue weighted by Crippen LogP contribution is 2.36. The highest BCUT2D eigenvalue weighted by Gasteiger charge is 2.40. The molecule has 3 nitrogen and oxygen atoms in total. The van der Waals surface area contributed by atoms with E-state index in [0.717, 1.165) is 19.3 Å². The Morgan fingerprint density at radius 2 is 2.00 bits per heavy atom. The van der Waals surface area contributed by atoms with Crippen LogP contribution in [0.1, 0.15) is 25.7 Å². The van der Waals surface area contributed by atoms with Gasteiger partial charge in [-0.2, -0.15) is 0 Å². The van der Waals surface area contributed by atoms with E-state index in [2.05, 4.69) is 0 Å². The van der Waals surface area contributed by atoms with Gasteiger partial charge in [-0.05, 0) is 12.8 Å². The fourth-order valence-corrected chi connectivity index (χ4v) is 2.04. The van der Waals surface area contributed by atoms with Gasteiger partial charge in [-0.25, -0.2) is 0 Å². The largest absolute Gasteiger partial charge is 0.396 e. The summed E-state index contributed by atoms with van der Waals surface area (Å²) in [5.74, 6) is -0.381. The lowest BCUT2D eigenvalue weighted by atomic mass is 9.83. The average Bonchev–Trinajstić information content (AvgIpc) is 2.17. The molecule has 0 radical (unpaired) electrons. The van der Waals surface area contributed by atoms with Gasteiger partial charge in [0.25, 0.3) is 0 Å². The fourth-order valence-electron chi connectivity index (χ4n) is 2.04. The van der Waals surface area contributed by atoms with Gasteiger partial charge in [-0.15, -0.1) is 0 Å². The number of aliphatic hydroxyl groups is 1. The Morgan fingerprint density at radius 3 is 2.42 bits per heavy atom. The molecule has 72 valence electrons. The summed E-state index contributed by atoms with van der Waals surface area (Å²) < 4.78 is 10.7. The number of methoxy groups -OCH3 is 2. The number of rotatable bonds is 3. The standard InChI is InChI=1S/C9H18O3/c1-11-9(12-2)6-4-3-5-8(9)7-10/h8,10H,3-7H2,1-2H3. The molecule has 0 spiro atoms. The third-order valence-corrected chi connectivity index (χ3v) is 2.86. The second-order valence-electron chi connectivity index (χ2n) is 3.35.